The Kier molecular flexibility index (Phi) is 4.04. The lowest BCUT2D eigenvalue weighted by Gasteiger charge is -2.07. The van der Waals surface area contributed by atoms with Gasteiger partial charge in [0.15, 0.2) is 0 Å². The number of nitrogens with two attached hydrogens (primary N) is 1. The van der Waals surface area contributed by atoms with Crippen LogP contribution in [0.2, 0.25) is 0 Å². The van der Waals surface area contributed by atoms with E-state index in [1.54, 1.807) is 0 Å². The van der Waals surface area contributed by atoms with Gasteiger partial charge in [-0.05, 0) is 43.7 Å². The molecule has 0 spiro atoms. The minimum atomic E-state index is 0.728. The van der Waals surface area contributed by atoms with Crippen LogP contribution in [0.1, 0.15) is 29.4 Å². The Bertz CT molecular complexity index is 770. The maximum absolute atomic E-state index is 6.35. The average Bonchev–Trinajstić information content (AvgIpc) is 2.41. The van der Waals surface area contributed by atoms with Crippen molar-refractivity contribution in [3.05, 3.63) is 69.4 Å². The number of pyridine rings is 1. The summed E-state index contributed by atoms with van der Waals surface area (Å²) in [5.41, 5.74) is 11.1. The molecular formula is C18H20N2. The number of aromatic nitrogens is 1. The number of rotatable bonds is 2. The first-order valence-electron chi connectivity index (χ1n) is 6.69. The van der Waals surface area contributed by atoms with Crippen molar-refractivity contribution in [1.29, 1.82) is 0 Å². The van der Waals surface area contributed by atoms with Crippen molar-refractivity contribution in [3.63, 3.8) is 0 Å². The lowest BCUT2D eigenvalue weighted by atomic mass is 10.0. The second kappa shape index (κ2) is 5.74. The summed E-state index contributed by atoms with van der Waals surface area (Å²) < 4.78 is 0. The number of hydrogen-bond acceptors (Lipinski definition) is 2. The highest BCUT2D eigenvalue weighted by Crippen LogP contribution is 2.11. The van der Waals surface area contributed by atoms with Crippen LogP contribution >= 0.6 is 0 Å². The molecule has 1 heterocycles. The molecule has 2 N–H and O–H groups in total. The van der Waals surface area contributed by atoms with Crippen LogP contribution < -0.4 is 16.2 Å². The Hall–Kier alpha value is -2.35. The summed E-state index contributed by atoms with van der Waals surface area (Å²) in [7, 11) is 0. The summed E-state index contributed by atoms with van der Waals surface area (Å²) in [4.78, 5) is 4.47. The van der Waals surface area contributed by atoms with Crippen LogP contribution in [0.5, 0.6) is 0 Å². The smallest absolute Gasteiger partial charge is 0.0485 e. The lowest BCUT2D eigenvalue weighted by Crippen LogP contribution is -2.31. The molecule has 0 aliphatic carbocycles. The van der Waals surface area contributed by atoms with Crippen LogP contribution in [-0.4, -0.2) is 4.98 Å². The van der Waals surface area contributed by atoms with Crippen molar-refractivity contribution in [3.8, 4) is 0 Å². The summed E-state index contributed by atoms with van der Waals surface area (Å²) in [6.07, 6.45) is 4.04. The molecule has 102 valence electrons. The van der Waals surface area contributed by atoms with Crippen LogP contribution in [0.4, 0.5) is 0 Å². The van der Waals surface area contributed by atoms with E-state index in [1.165, 1.54) is 0 Å². The van der Waals surface area contributed by atoms with Gasteiger partial charge in [-0.1, -0.05) is 36.9 Å². The maximum Gasteiger partial charge on any atom is 0.0485 e. The monoisotopic (exact) mass is 264 g/mol. The molecule has 0 aliphatic heterocycles. The van der Waals surface area contributed by atoms with E-state index in [1.807, 2.05) is 63.3 Å². The highest BCUT2D eigenvalue weighted by Gasteiger charge is 2.04. The van der Waals surface area contributed by atoms with E-state index >= 15 is 0 Å². The quantitative estimate of drug-likeness (QED) is 0.903. The molecule has 1 aromatic heterocycles. The van der Waals surface area contributed by atoms with Gasteiger partial charge in [0, 0.05) is 27.9 Å². The van der Waals surface area contributed by atoms with Crippen LogP contribution in [-0.2, 0) is 0 Å². The topological polar surface area (TPSA) is 38.9 Å². The number of aryl methyl sites for hydroxylation is 2. The Morgan fingerprint density at radius 2 is 1.95 bits per heavy atom. The first-order valence-corrected chi connectivity index (χ1v) is 6.69. The minimum Gasteiger partial charge on any atom is -0.398 e. The molecule has 0 unspecified atom stereocenters. The standard InChI is InChI=1S/C18H20N2/c1-5-7-15-8-6-9-16(13(15)3)18(19)17-11-10-12(2)20-14(17)4/h5-11H,3,19H2,1-2,4H3/b7-5?,18-16+. The Morgan fingerprint density at radius 1 is 1.20 bits per heavy atom. The number of benzene rings is 1. The predicted octanol–water partition coefficient (Wildman–Crippen LogP) is 2.26. The van der Waals surface area contributed by atoms with Gasteiger partial charge in [-0.3, -0.25) is 4.98 Å². The number of nitrogens with zero attached hydrogens (tertiary/aromatic N) is 1. The van der Waals surface area contributed by atoms with Crippen molar-refractivity contribution in [1.82, 2.24) is 4.98 Å². The van der Waals surface area contributed by atoms with Crippen molar-refractivity contribution in [2.75, 3.05) is 0 Å². The molecule has 0 bridgehead atoms. The molecule has 0 radical (unpaired) electrons. The van der Waals surface area contributed by atoms with Gasteiger partial charge in [-0.15, -0.1) is 0 Å². The van der Waals surface area contributed by atoms with Crippen LogP contribution in [0.3, 0.4) is 0 Å². The van der Waals surface area contributed by atoms with E-state index < -0.39 is 0 Å². The molecule has 0 amide bonds. The van der Waals surface area contributed by atoms with Gasteiger partial charge in [0.1, 0.15) is 0 Å². The zero-order chi connectivity index (χ0) is 14.7. The first kappa shape index (κ1) is 14.1. The summed E-state index contributed by atoms with van der Waals surface area (Å²) >= 11 is 0. The van der Waals surface area contributed by atoms with E-state index in [4.69, 9.17) is 5.73 Å². The molecule has 20 heavy (non-hydrogen) atoms. The molecule has 0 saturated heterocycles. The van der Waals surface area contributed by atoms with Crippen LogP contribution in [0, 0.1) is 13.8 Å². The van der Waals surface area contributed by atoms with Crippen LogP contribution in [0.25, 0.3) is 18.4 Å². The van der Waals surface area contributed by atoms with Crippen molar-refractivity contribution in [2.24, 2.45) is 5.73 Å². The Morgan fingerprint density at radius 3 is 2.60 bits per heavy atom. The molecule has 2 aromatic rings. The van der Waals surface area contributed by atoms with Gasteiger partial charge in [0.05, 0.1) is 0 Å². The fraction of sp³-hybridized carbons (Fsp3) is 0.167. The second-order valence-electron chi connectivity index (χ2n) is 4.87. The van der Waals surface area contributed by atoms with Crippen molar-refractivity contribution >= 4 is 18.4 Å². The average molecular weight is 264 g/mol. The fourth-order valence-corrected chi connectivity index (χ4v) is 2.31. The zero-order valence-electron chi connectivity index (χ0n) is 12.3. The highest BCUT2D eigenvalue weighted by atomic mass is 14.7. The molecule has 0 saturated carbocycles. The van der Waals surface area contributed by atoms with Crippen molar-refractivity contribution < 1.29 is 0 Å². The molecule has 2 rings (SSSR count). The second-order valence-corrected chi connectivity index (χ2v) is 4.87. The predicted molar refractivity (Wildman–Crippen MR) is 86.3 cm³/mol. The summed E-state index contributed by atoms with van der Waals surface area (Å²) in [5.74, 6) is 0. The van der Waals surface area contributed by atoms with Gasteiger partial charge < -0.3 is 5.73 Å². The van der Waals surface area contributed by atoms with E-state index in [0.717, 1.165) is 38.6 Å². The molecular weight excluding hydrogens is 244 g/mol. The largest absolute Gasteiger partial charge is 0.398 e. The number of allylic oxidation sites excluding steroid dienone is 1. The molecule has 0 atom stereocenters. The fourth-order valence-electron chi connectivity index (χ4n) is 2.31. The summed E-state index contributed by atoms with van der Waals surface area (Å²) in [6.45, 7) is 10.1. The summed E-state index contributed by atoms with van der Waals surface area (Å²) in [6, 6.07) is 10.1. The van der Waals surface area contributed by atoms with Gasteiger partial charge in [0.2, 0.25) is 0 Å². The molecule has 2 nitrogen and oxygen atoms in total. The lowest BCUT2D eigenvalue weighted by molar-refractivity contribution is 1.10. The highest BCUT2D eigenvalue weighted by molar-refractivity contribution is 5.65. The van der Waals surface area contributed by atoms with Gasteiger partial charge in [0.25, 0.3) is 0 Å². The maximum atomic E-state index is 6.35. The third-order valence-corrected chi connectivity index (χ3v) is 3.36. The minimum absolute atomic E-state index is 0.728. The Balaban J connectivity index is 2.75. The third kappa shape index (κ3) is 2.64. The molecule has 0 fully saturated rings. The van der Waals surface area contributed by atoms with Crippen molar-refractivity contribution in [2.45, 2.75) is 20.8 Å². The van der Waals surface area contributed by atoms with Gasteiger partial charge in [-0.25, -0.2) is 0 Å². The first-order chi connectivity index (χ1) is 9.54. The SMILES string of the molecule is C=c1c(C=CC)ccc/c1=C(\N)c1ccc(C)nc1C. The van der Waals surface area contributed by atoms with E-state index in [9.17, 15) is 0 Å². The van der Waals surface area contributed by atoms with E-state index in [0.29, 0.717) is 0 Å². The zero-order valence-corrected chi connectivity index (χ0v) is 12.3. The van der Waals surface area contributed by atoms with Crippen LogP contribution in [0.15, 0.2) is 36.4 Å². The van der Waals surface area contributed by atoms with E-state index in [-0.39, 0.29) is 0 Å². The molecule has 1 aromatic carbocycles. The third-order valence-electron chi connectivity index (χ3n) is 3.36. The molecule has 2 heteroatoms. The summed E-state index contributed by atoms with van der Waals surface area (Å²) in [5, 5.41) is 1.91. The van der Waals surface area contributed by atoms with Gasteiger partial charge >= 0.3 is 0 Å². The Labute approximate surface area is 120 Å². The van der Waals surface area contributed by atoms with Gasteiger partial charge in [-0.2, -0.15) is 0 Å². The normalized spacial score (nSPS) is 12.8. The van der Waals surface area contributed by atoms with E-state index in [2.05, 4.69) is 11.6 Å². The molecule has 0 aliphatic rings. The number of hydrogen-bond donors (Lipinski definition) is 1.